The lowest BCUT2D eigenvalue weighted by Gasteiger charge is -2.36. The third kappa shape index (κ3) is 1.90. The zero-order valence-electron chi connectivity index (χ0n) is 9.83. The van der Waals surface area contributed by atoms with E-state index in [1.807, 2.05) is 11.3 Å². The standard InChI is InChI=1S/C12H19N3S/c1-9-14-10-3-2-4-11(12(10)16-9)15-7-5-13-6-8-15/h11,13H,2-8H2,1H3. The molecule has 1 unspecified atom stereocenters. The highest BCUT2D eigenvalue weighted by Crippen LogP contribution is 2.37. The molecule has 0 saturated carbocycles. The summed E-state index contributed by atoms with van der Waals surface area (Å²) in [6, 6.07) is 0.664. The molecule has 0 bridgehead atoms. The molecule has 1 aliphatic heterocycles. The predicted octanol–water partition coefficient (Wildman–Crippen LogP) is 1.73. The zero-order chi connectivity index (χ0) is 11.0. The Morgan fingerprint density at radius 2 is 2.19 bits per heavy atom. The number of rotatable bonds is 1. The highest BCUT2D eigenvalue weighted by molar-refractivity contribution is 7.11. The number of hydrogen-bond donors (Lipinski definition) is 1. The van der Waals surface area contributed by atoms with Gasteiger partial charge in [0.2, 0.25) is 0 Å². The Hall–Kier alpha value is -0.450. The predicted molar refractivity (Wildman–Crippen MR) is 67.0 cm³/mol. The molecular formula is C12H19N3S. The summed E-state index contributed by atoms with van der Waals surface area (Å²) < 4.78 is 0. The van der Waals surface area contributed by atoms with Gasteiger partial charge in [-0.15, -0.1) is 11.3 Å². The second-order valence-corrected chi connectivity index (χ2v) is 5.97. The molecule has 1 aromatic rings. The van der Waals surface area contributed by atoms with Gasteiger partial charge in [-0.1, -0.05) is 0 Å². The molecule has 16 heavy (non-hydrogen) atoms. The Bertz CT molecular complexity index is 368. The minimum absolute atomic E-state index is 0.664. The number of aromatic nitrogens is 1. The van der Waals surface area contributed by atoms with E-state index in [4.69, 9.17) is 0 Å². The van der Waals surface area contributed by atoms with Gasteiger partial charge in [0.25, 0.3) is 0 Å². The average molecular weight is 237 g/mol. The van der Waals surface area contributed by atoms with Crippen LogP contribution in [0.1, 0.15) is 34.5 Å². The van der Waals surface area contributed by atoms with Crippen LogP contribution in [0.5, 0.6) is 0 Å². The molecule has 0 amide bonds. The monoisotopic (exact) mass is 237 g/mol. The number of piperazine rings is 1. The van der Waals surface area contributed by atoms with E-state index in [-0.39, 0.29) is 0 Å². The third-order valence-electron chi connectivity index (χ3n) is 3.62. The molecule has 1 atom stereocenters. The van der Waals surface area contributed by atoms with Crippen LogP contribution in [0.15, 0.2) is 0 Å². The number of nitrogens with one attached hydrogen (secondary N) is 1. The lowest BCUT2D eigenvalue weighted by Crippen LogP contribution is -2.45. The molecule has 1 aliphatic carbocycles. The van der Waals surface area contributed by atoms with Gasteiger partial charge in [-0.05, 0) is 26.2 Å². The topological polar surface area (TPSA) is 28.2 Å². The Morgan fingerprint density at radius 1 is 1.38 bits per heavy atom. The van der Waals surface area contributed by atoms with Gasteiger partial charge in [0.05, 0.1) is 10.7 Å². The molecule has 2 heterocycles. The minimum Gasteiger partial charge on any atom is -0.314 e. The van der Waals surface area contributed by atoms with Gasteiger partial charge in [-0.3, -0.25) is 4.90 Å². The number of nitrogens with zero attached hydrogens (tertiary/aromatic N) is 2. The highest BCUT2D eigenvalue weighted by Gasteiger charge is 2.29. The van der Waals surface area contributed by atoms with Crippen LogP contribution < -0.4 is 5.32 Å². The Kier molecular flexibility index (Phi) is 2.96. The van der Waals surface area contributed by atoms with Crippen molar-refractivity contribution in [2.45, 2.75) is 32.2 Å². The van der Waals surface area contributed by atoms with Gasteiger partial charge >= 0.3 is 0 Å². The Morgan fingerprint density at radius 3 is 3.00 bits per heavy atom. The Labute approximate surface area is 101 Å². The fourth-order valence-corrected chi connectivity index (χ4v) is 4.00. The van der Waals surface area contributed by atoms with Crippen LogP contribution in [0.3, 0.4) is 0 Å². The van der Waals surface area contributed by atoms with Crippen molar-refractivity contribution >= 4 is 11.3 Å². The van der Waals surface area contributed by atoms with Gasteiger partial charge in [0.1, 0.15) is 0 Å². The van der Waals surface area contributed by atoms with Crippen LogP contribution in [-0.2, 0) is 6.42 Å². The van der Waals surface area contributed by atoms with E-state index in [9.17, 15) is 0 Å². The molecule has 0 spiro atoms. The van der Waals surface area contributed by atoms with Crippen molar-refractivity contribution in [3.05, 3.63) is 15.6 Å². The van der Waals surface area contributed by atoms with Crippen molar-refractivity contribution in [2.24, 2.45) is 0 Å². The second kappa shape index (κ2) is 4.43. The summed E-state index contributed by atoms with van der Waals surface area (Å²) in [5.74, 6) is 0. The highest BCUT2D eigenvalue weighted by atomic mass is 32.1. The Balaban J connectivity index is 1.85. The van der Waals surface area contributed by atoms with Crippen LogP contribution in [-0.4, -0.2) is 36.1 Å². The van der Waals surface area contributed by atoms with E-state index in [2.05, 4.69) is 22.1 Å². The first kappa shape index (κ1) is 10.7. The van der Waals surface area contributed by atoms with Crippen LogP contribution in [0.2, 0.25) is 0 Å². The first-order valence-electron chi connectivity index (χ1n) is 6.25. The fourth-order valence-electron chi connectivity index (χ4n) is 2.86. The normalized spacial score (nSPS) is 26.7. The molecular weight excluding hydrogens is 218 g/mol. The van der Waals surface area contributed by atoms with Gasteiger partial charge in [-0.2, -0.15) is 0 Å². The maximum atomic E-state index is 4.67. The van der Waals surface area contributed by atoms with E-state index < -0.39 is 0 Å². The molecule has 3 nitrogen and oxygen atoms in total. The van der Waals surface area contributed by atoms with Gasteiger partial charge in [-0.25, -0.2) is 4.98 Å². The van der Waals surface area contributed by atoms with Crippen LogP contribution >= 0.6 is 11.3 Å². The summed E-state index contributed by atoms with van der Waals surface area (Å²) in [5, 5.41) is 4.67. The summed E-state index contributed by atoms with van der Waals surface area (Å²) in [6.07, 6.45) is 3.83. The van der Waals surface area contributed by atoms with Crippen molar-refractivity contribution < 1.29 is 0 Å². The quantitative estimate of drug-likeness (QED) is 0.806. The number of fused-ring (bicyclic) bond motifs is 1. The molecule has 2 aliphatic rings. The first-order valence-corrected chi connectivity index (χ1v) is 7.07. The maximum absolute atomic E-state index is 4.67. The molecule has 0 aromatic carbocycles. The van der Waals surface area contributed by atoms with Crippen molar-refractivity contribution in [1.29, 1.82) is 0 Å². The third-order valence-corrected chi connectivity index (χ3v) is 4.73. The number of aryl methyl sites for hydroxylation is 2. The van der Waals surface area contributed by atoms with Gasteiger partial charge in [0, 0.05) is 37.1 Å². The summed E-state index contributed by atoms with van der Waals surface area (Å²) in [4.78, 5) is 8.88. The zero-order valence-corrected chi connectivity index (χ0v) is 10.6. The van der Waals surface area contributed by atoms with Gasteiger partial charge in [0.15, 0.2) is 0 Å². The van der Waals surface area contributed by atoms with Crippen molar-refractivity contribution in [2.75, 3.05) is 26.2 Å². The minimum atomic E-state index is 0.664. The average Bonchev–Trinajstić information content (AvgIpc) is 2.70. The maximum Gasteiger partial charge on any atom is 0.0900 e. The van der Waals surface area contributed by atoms with Crippen LogP contribution in [0.25, 0.3) is 0 Å². The van der Waals surface area contributed by atoms with Crippen molar-refractivity contribution in [3.8, 4) is 0 Å². The summed E-state index contributed by atoms with van der Waals surface area (Å²) in [6.45, 7) is 6.81. The smallest absolute Gasteiger partial charge is 0.0900 e. The van der Waals surface area contributed by atoms with Gasteiger partial charge < -0.3 is 5.32 Å². The molecule has 1 aromatic heterocycles. The van der Waals surface area contributed by atoms with E-state index in [1.165, 1.54) is 43.1 Å². The van der Waals surface area contributed by atoms with Crippen LogP contribution in [0.4, 0.5) is 0 Å². The van der Waals surface area contributed by atoms with E-state index in [0.717, 1.165) is 13.1 Å². The second-order valence-electron chi connectivity index (χ2n) is 4.74. The van der Waals surface area contributed by atoms with E-state index in [0.29, 0.717) is 6.04 Å². The summed E-state index contributed by atoms with van der Waals surface area (Å²) >= 11 is 1.92. The molecule has 3 rings (SSSR count). The largest absolute Gasteiger partial charge is 0.314 e. The SMILES string of the molecule is Cc1nc2c(s1)C(N1CCNCC1)CCC2. The summed E-state index contributed by atoms with van der Waals surface area (Å²) in [7, 11) is 0. The van der Waals surface area contributed by atoms with Crippen molar-refractivity contribution in [3.63, 3.8) is 0 Å². The van der Waals surface area contributed by atoms with E-state index >= 15 is 0 Å². The lowest BCUT2D eigenvalue weighted by molar-refractivity contribution is 0.160. The van der Waals surface area contributed by atoms with Crippen LogP contribution in [0, 0.1) is 6.92 Å². The molecule has 1 fully saturated rings. The molecule has 1 saturated heterocycles. The molecule has 1 N–H and O–H groups in total. The summed E-state index contributed by atoms with van der Waals surface area (Å²) in [5.41, 5.74) is 1.39. The first-order chi connectivity index (χ1) is 7.84. The molecule has 0 radical (unpaired) electrons. The molecule has 88 valence electrons. The van der Waals surface area contributed by atoms with E-state index in [1.54, 1.807) is 4.88 Å². The number of thiazole rings is 1. The molecule has 4 heteroatoms. The lowest BCUT2D eigenvalue weighted by atomic mass is 9.96. The van der Waals surface area contributed by atoms with Crippen molar-refractivity contribution in [1.82, 2.24) is 15.2 Å². The fraction of sp³-hybridized carbons (Fsp3) is 0.750. The number of hydrogen-bond acceptors (Lipinski definition) is 4.